The van der Waals surface area contributed by atoms with Crippen molar-refractivity contribution in [1.82, 2.24) is 9.47 Å². The molecule has 5 heteroatoms. The van der Waals surface area contributed by atoms with Crippen molar-refractivity contribution < 1.29 is 4.42 Å². The molecule has 1 aromatic heterocycles. The first kappa shape index (κ1) is 14.4. The lowest BCUT2D eigenvalue weighted by molar-refractivity contribution is 0.147. The Morgan fingerprint density at radius 3 is 2.95 bits per heavy atom. The Kier molecular flexibility index (Phi) is 4.12. The maximum atomic E-state index is 11.9. The average Bonchev–Trinajstić information content (AvgIpc) is 2.82. The summed E-state index contributed by atoms with van der Waals surface area (Å²) in [6.07, 6.45) is 2.16. The molecule has 2 aromatic rings. The molecule has 3 rings (SSSR count). The third-order valence-electron chi connectivity index (χ3n) is 4.61. The van der Waals surface area contributed by atoms with Gasteiger partial charge in [0.15, 0.2) is 5.58 Å². The Morgan fingerprint density at radius 2 is 2.14 bits per heavy atom. The summed E-state index contributed by atoms with van der Waals surface area (Å²) in [5, 5.41) is 0. The van der Waals surface area contributed by atoms with Crippen LogP contribution in [0.5, 0.6) is 0 Å². The van der Waals surface area contributed by atoms with Gasteiger partial charge in [0.2, 0.25) is 0 Å². The zero-order chi connectivity index (χ0) is 14.8. The minimum Gasteiger partial charge on any atom is -0.408 e. The van der Waals surface area contributed by atoms with Crippen molar-refractivity contribution in [2.24, 2.45) is 11.7 Å². The van der Waals surface area contributed by atoms with Gasteiger partial charge in [-0.1, -0.05) is 25.5 Å². The van der Waals surface area contributed by atoms with Crippen LogP contribution in [0.25, 0.3) is 11.1 Å². The van der Waals surface area contributed by atoms with Crippen molar-refractivity contribution in [2.75, 3.05) is 19.6 Å². The monoisotopic (exact) mass is 289 g/mol. The van der Waals surface area contributed by atoms with Gasteiger partial charge in [-0.15, -0.1) is 0 Å². The number of piperidine rings is 1. The molecule has 1 aliphatic heterocycles. The van der Waals surface area contributed by atoms with E-state index in [1.54, 1.807) is 4.57 Å². The summed E-state index contributed by atoms with van der Waals surface area (Å²) in [6, 6.07) is 7.90. The second-order valence-corrected chi connectivity index (χ2v) is 5.91. The van der Waals surface area contributed by atoms with E-state index in [2.05, 4.69) is 11.8 Å². The second kappa shape index (κ2) is 6.03. The summed E-state index contributed by atoms with van der Waals surface area (Å²) in [7, 11) is 0. The van der Waals surface area contributed by atoms with Gasteiger partial charge in [0, 0.05) is 25.7 Å². The quantitative estimate of drug-likeness (QED) is 0.929. The van der Waals surface area contributed by atoms with Crippen molar-refractivity contribution >= 4 is 11.1 Å². The molecule has 2 unspecified atom stereocenters. The lowest BCUT2D eigenvalue weighted by Crippen LogP contribution is -2.47. The molecule has 1 saturated heterocycles. The highest BCUT2D eigenvalue weighted by atomic mass is 16.4. The van der Waals surface area contributed by atoms with Crippen LogP contribution in [0.2, 0.25) is 0 Å². The number of fused-ring (bicyclic) bond motifs is 1. The Hall–Kier alpha value is -1.59. The molecule has 5 nitrogen and oxygen atoms in total. The van der Waals surface area contributed by atoms with E-state index in [9.17, 15) is 4.79 Å². The minimum absolute atomic E-state index is 0.267. The fourth-order valence-electron chi connectivity index (χ4n) is 3.23. The van der Waals surface area contributed by atoms with Crippen LogP contribution in [-0.2, 0) is 6.54 Å². The molecule has 0 bridgehead atoms. The molecule has 0 spiro atoms. The number of likely N-dealkylation sites (tertiary alicyclic amines) is 1. The van der Waals surface area contributed by atoms with Crippen molar-refractivity contribution in [1.29, 1.82) is 0 Å². The second-order valence-electron chi connectivity index (χ2n) is 5.91. The lowest BCUT2D eigenvalue weighted by Gasteiger charge is -2.36. The van der Waals surface area contributed by atoms with E-state index in [1.165, 1.54) is 0 Å². The topological polar surface area (TPSA) is 64.4 Å². The summed E-state index contributed by atoms with van der Waals surface area (Å²) in [4.78, 5) is 14.4. The molecule has 1 fully saturated rings. The molecule has 1 aliphatic rings. The highest BCUT2D eigenvalue weighted by molar-refractivity contribution is 5.72. The average molecular weight is 289 g/mol. The van der Waals surface area contributed by atoms with Gasteiger partial charge >= 0.3 is 5.76 Å². The highest BCUT2D eigenvalue weighted by Gasteiger charge is 2.25. The molecule has 2 atom stereocenters. The zero-order valence-corrected chi connectivity index (χ0v) is 12.5. The van der Waals surface area contributed by atoms with Gasteiger partial charge < -0.3 is 15.1 Å². The SMILES string of the molecule is CCC1CN(CCn2c(=O)oc3ccccc32)CCC1N. The standard InChI is InChI=1S/C16H23N3O2/c1-2-12-11-18(8-7-13(12)17)9-10-19-14-5-3-4-6-15(14)21-16(19)20/h3-6,12-13H,2,7-11,17H2,1H3. The summed E-state index contributed by atoms with van der Waals surface area (Å²) in [5.74, 6) is 0.300. The molecule has 0 saturated carbocycles. The van der Waals surface area contributed by atoms with Gasteiger partial charge in [0.1, 0.15) is 0 Å². The molecule has 0 aliphatic carbocycles. The van der Waals surface area contributed by atoms with Gasteiger partial charge in [0.25, 0.3) is 0 Å². The first-order chi connectivity index (χ1) is 10.2. The molecule has 2 heterocycles. The number of oxazole rings is 1. The van der Waals surface area contributed by atoms with Crippen LogP contribution in [0.1, 0.15) is 19.8 Å². The summed E-state index contributed by atoms with van der Waals surface area (Å²) in [6.45, 7) is 5.78. The van der Waals surface area contributed by atoms with Crippen molar-refractivity contribution in [3.8, 4) is 0 Å². The summed E-state index contributed by atoms with van der Waals surface area (Å²) in [5.41, 5.74) is 7.68. The van der Waals surface area contributed by atoms with Gasteiger partial charge in [-0.05, 0) is 31.0 Å². The summed E-state index contributed by atoms with van der Waals surface area (Å²) < 4.78 is 6.99. The van der Waals surface area contributed by atoms with Gasteiger partial charge in [0.05, 0.1) is 5.52 Å². The Morgan fingerprint density at radius 1 is 1.33 bits per heavy atom. The van der Waals surface area contributed by atoms with E-state index in [0.29, 0.717) is 24.1 Å². The van der Waals surface area contributed by atoms with Crippen LogP contribution in [0.3, 0.4) is 0 Å². The predicted octanol–water partition coefficient (Wildman–Crippen LogP) is 1.65. The van der Waals surface area contributed by atoms with Crippen LogP contribution in [-0.4, -0.2) is 35.1 Å². The van der Waals surface area contributed by atoms with Crippen molar-refractivity contribution in [3.63, 3.8) is 0 Å². The summed E-state index contributed by atoms with van der Waals surface area (Å²) >= 11 is 0. The maximum Gasteiger partial charge on any atom is 0.419 e. The highest BCUT2D eigenvalue weighted by Crippen LogP contribution is 2.18. The van der Waals surface area contributed by atoms with Crippen LogP contribution < -0.4 is 11.5 Å². The smallest absolute Gasteiger partial charge is 0.408 e. The number of aromatic nitrogens is 1. The Bertz CT molecular complexity index is 661. The number of hydrogen-bond acceptors (Lipinski definition) is 4. The lowest BCUT2D eigenvalue weighted by atomic mass is 9.91. The number of nitrogens with zero attached hydrogens (tertiary/aromatic N) is 2. The number of para-hydroxylation sites is 2. The predicted molar refractivity (Wildman–Crippen MR) is 83.3 cm³/mol. The molecule has 21 heavy (non-hydrogen) atoms. The number of hydrogen-bond donors (Lipinski definition) is 1. The fourth-order valence-corrected chi connectivity index (χ4v) is 3.23. The Balaban J connectivity index is 1.69. The van der Waals surface area contributed by atoms with Crippen LogP contribution in [0.4, 0.5) is 0 Å². The van der Waals surface area contributed by atoms with E-state index in [-0.39, 0.29) is 5.76 Å². The maximum absolute atomic E-state index is 11.9. The third kappa shape index (κ3) is 2.89. The van der Waals surface area contributed by atoms with E-state index < -0.39 is 0 Å². The molecule has 2 N–H and O–H groups in total. The number of nitrogens with two attached hydrogens (primary N) is 1. The van der Waals surface area contributed by atoms with E-state index in [0.717, 1.165) is 38.0 Å². The Labute approximate surface area is 124 Å². The fraction of sp³-hybridized carbons (Fsp3) is 0.562. The molecular formula is C16H23N3O2. The van der Waals surface area contributed by atoms with Crippen molar-refractivity contribution in [2.45, 2.75) is 32.4 Å². The van der Waals surface area contributed by atoms with Crippen LogP contribution in [0.15, 0.2) is 33.5 Å². The van der Waals surface area contributed by atoms with Gasteiger partial charge in [-0.2, -0.15) is 0 Å². The van der Waals surface area contributed by atoms with Crippen molar-refractivity contribution in [3.05, 3.63) is 34.8 Å². The van der Waals surface area contributed by atoms with E-state index in [1.807, 2.05) is 24.3 Å². The van der Waals surface area contributed by atoms with Gasteiger partial charge in [-0.3, -0.25) is 4.57 Å². The first-order valence-corrected chi connectivity index (χ1v) is 7.75. The number of rotatable bonds is 4. The largest absolute Gasteiger partial charge is 0.419 e. The van der Waals surface area contributed by atoms with Crippen LogP contribution in [0, 0.1) is 5.92 Å². The zero-order valence-electron chi connectivity index (χ0n) is 12.5. The minimum atomic E-state index is -0.267. The first-order valence-electron chi connectivity index (χ1n) is 7.75. The molecule has 1 aromatic carbocycles. The normalized spacial score (nSPS) is 23.7. The van der Waals surface area contributed by atoms with Crippen LogP contribution >= 0.6 is 0 Å². The number of benzene rings is 1. The van der Waals surface area contributed by atoms with Gasteiger partial charge in [-0.25, -0.2) is 4.79 Å². The molecule has 0 amide bonds. The third-order valence-corrected chi connectivity index (χ3v) is 4.61. The molecule has 0 radical (unpaired) electrons. The van der Waals surface area contributed by atoms with E-state index >= 15 is 0 Å². The molecule has 114 valence electrons. The molecular weight excluding hydrogens is 266 g/mol. The van der Waals surface area contributed by atoms with E-state index in [4.69, 9.17) is 10.2 Å².